The zero-order valence-electron chi connectivity index (χ0n) is 8.56. The second-order valence-electron chi connectivity index (χ2n) is 3.15. The molecule has 0 fully saturated rings. The van der Waals surface area contributed by atoms with E-state index in [0.717, 1.165) is 16.6 Å². The van der Waals surface area contributed by atoms with E-state index >= 15 is 0 Å². The fourth-order valence-corrected chi connectivity index (χ4v) is 2.98. The number of hydrogen-bond acceptors (Lipinski definition) is 1. The summed E-state index contributed by atoms with van der Waals surface area (Å²) >= 11 is 0. The number of hydrogen-bond donors (Lipinski definition) is 0. The number of carbonyl (C=O) groups excluding carboxylic acids is 1. The Morgan fingerprint density at radius 2 is 1.12 bits per heavy atom. The quantitative estimate of drug-likeness (QED) is 0.483. The van der Waals surface area contributed by atoms with Gasteiger partial charge in [0, 0.05) is 27.4 Å². The molecule has 0 atom stereocenters. The average molecular weight is 315 g/mol. The summed E-state index contributed by atoms with van der Waals surface area (Å²) in [6.45, 7) is 0. The smallest absolute Gasteiger partial charge is 0.150 e. The summed E-state index contributed by atoms with van der Waals surface area (Å²) in [5.74, 6) is 0. The molecule has 2 aromatic rings. The van der Waals surface area contributed by atoms with Gasteiger partial charge in [-0.25, -0.2) is 0 Å². The summed E-state index contributed by atoms with van der Waals surface area (Å²) in [5.41, 5.74) is 0. The molecule has 0 N–H and O–H groups in total. The molecule has 0 aliphatic heterocycles. The SMILES string of the molecule is O=CP(c1ccccc1)c1ccccc1.[Ru]. The summed E-state index contributed by atoms with van der Waals surface area (Å²) in [4.78, 5) is 11.1. The molecule has 0 saturated carbocycles. The van der Waals surface area contributed by atoms with Crippen molar-refractivity contribution in [2.45, 2.75) is 0 Å². The Morgan fingerprint density at radius 3 is 1.44 bits per heavy atom. The number of benzene rings is 2. The molecule has 0 saturated heterocycles. The van der Waals surface area contributed by atoms with Crippen molar-refractivity contribution in [3.63, 3.8) is 0 Å². The minimum absolute atomic E-state index is 0. The Hall–Kier alpha value is -0.837. The van der Waals surface area contributed by atoms with Crippen LogP contribution in [0.2, 0.25) is 0 Å². The molecule has 0 unspecified atom stereocenters. The van der Waals surface area contributed by atoms with E-state index in [-0.39, 0.29) is 19.5 Å². The molecule has 0 bridgehead atoms. The summed E-state index contributed by atoms with van der Waals surface area (Å²) in [6, 6.07) is 20.9. The van der Waals surface area contributed by atoms with E-state index in [4.69, 9.17) is 0 Å². The largest absolute Gasteiger partial charge is 0.298 e. The zero-order valence-corrected chi connectivity index (χ0v) is 11.2. The molecule has 0 aliphatic rings. The maximum absolute atomic E-state index is 11.1. The summed E-state index contributed by atoms with van der Waals surface area (Å²) in [5, 5.41) is 2.21. The molecule has 82 valence electrons. The second kappa shape index (κ2) is 6.68. The van der Waals surface area contributed by atoms with E-state index in [9.17, 15) is 4.79 Å². The van der Waals surface area contributed by atoms with E-state index < -0.39 is 7.92 Å². The van der Waals surface area contributed by atoms with Crippen molar-refractivity contribution in [1.29, 1.82) is 0 Å². The fourth-order valence-electron chi connectivity index (χ4n) is 1.45. The third-order valence-corrected chi connectivity index (χ3v) is 4.09. The Labute approximate surface area is 109 Å². The first kappa shape index (κ1) is 13.2. The number of rotatable bonds is 3. The minimum Gasteiger partial charge on any atom is -0.298 e. The molecular formula is C13H11OPRu. The van der Waals surface area contributed by atoms with E-state index in [0.29, 0.717) is 0 Å². The van der Waals surface area contributed by atoms with Gasteiger partial charge in [0.25, 0.3) is 0 Å². The van der Waals surface area contributed by atoms with Gasteiger partial charge in [0.2, 0.25) is 0 Å². The van der Waals surface area contributed by atoms with Gasteiger partial charge in [0.15, 0.2) is 6.03 Å². The molecule has 16 heavy (non-hydrogen) atoms. The Bertz CT molecular complexity index is 391. The van der Waals surface area contributed by atoms with Gasteiger partial charge in [-0.05, 0) is 10.6 Å². The van der Waals surface area contributed by atoms with Crippen LogP contribution in [0.3, 0.4) is 0 Å². The van der Waals surface area contributed by atoms with Gasteiger partial charge in [0.1, 0.15) is 0 Å². The average Bonchev–Trinajstić information content (AvgIpc) is 2.33. The molecule has 3 heteroatoms. The van der Waals surface area contributed by atoms with Crippen LogP contribution in [-0.4, -0.2) is 6.03 Å². The van der Waals surface area contributed by atoms with Gasteiger partial charge in [-0.15, -0.1) is 0 Å². The fraction of sp³-hybridized carbons (Fsp3) is 0. The van der Waals surface area contributed by atoms with Gasteiger partial charge in [-0.2, -0.15) is 0 Å². The van der Waals surface area contributed by atoms with Gasteiger partial charge in [-0.1, -0.05) is 60.7 Å². The molecule has 0 amide bonds. The van der Waals surface area contributed by atoms with Crippen LogP contribution in [0, 0.1) is 0 Å². The van der Waals surface area contributed by atoms with Crippen LogP contribution in [-0.2, 0) is 24.3 Å². The Morgan fingerprint density at radius 1 is 0.750 bits per heavy atom. The second-order valence-corrected chi connectivity index (χ2v) is 5.13. The van der Waals surface area contributed by atoms with Crippen LogP contribution >= 0.6 is 7.92 Å². The molecule has 0 radical (unpaired) electrons. The number of carbonyl (C=O) groups is 1. The van der Waals surface area contributed by atoms with Crippen molar-refractivity contribution in [3.05, 3.63) is 60.7 Å². The topological polar surface area (TPSA) is 17.1 Å². The minimum atomic E-state index is -0.829. The molecule has 0 aromatic heterocycles. The summed E-state index contributed by atoms with van der Waals surface area (Å²) in [6.07, 6.45) is 0. The van der Waals surface area contributed by atoms with Gasteiger partial charge in [0.05, 0.1) is 0 Å². The van der Waals surface area contributed by atoms with Crippen molar-refractivity contribution in [1.82, 2.24) is 0 Å². The van der Waals surface area contributed by atoms with E-state index in [1.54, 1.807) is 0 Å². The molecule has 0 spiro atoms. The molecule has 2 aromatic carbocycles. The van der Waals surface area contributed by atoms with Crippen LogP contribution < -0.4 is 10.6 Å². The van der Waals surface area contributed by atoms with Crippen LogP contribution in [0.15, 0.2) is 60.7 Å². The van der Waals surface area contributed by atoms with Crippen LogP contribution in [0.4, 0.5) is 0 Å². The Balaban J connectivity index is 0.00000128. The maximum Gasteiger partial charge on any atom is 0.150 e. The first-order chi connectivity index (χ1) is 7.42. The first-order valence-corrected chi connectivity index (χ1v) is 6.17. The molecular weight excluding hydrogens is 304 g/mol. The zero-order chi connectivity index (χ0) is 10.5. The van der Waals surface area contributed by atoms with E-state index in [1.165, 1.54) is 0 Å². The third-order valence-electron chi connectivity index (χ3n) is 2.17. The maximum atomic E-state index is 11.1. The summed E-state index contributed by atoms with van der Waals surface area (Å²) < 4.78 is 0. The van der Waals surface area contributed by atoms with Gasteiger partial charge < -0.3 is 0 Å². The molecule has 0 aliphatic carbocycles. The third kappa shape index (κ3) is 3.08. The predicted molar refractivity (Wildman–Crippen MR) is 65.8 cm³/mol. The predicted octanol–water partition coefficient (Wildman–Crippen LogP) is 2.31. The molecule has 1 nitrogen and oxygen atoms in total. The van der Waals surface area contributed by atoms with Crippen molar-refractivity contribution in [3.8, 4) is 0 Å². The normalized spacial score (nSPS) is 9.56. The van der Waals surface area contributed by atoms with Crippen molar-refractivity contribution < 1.29 is 24.3 Å². The van der Waals surface area contributed by atoms with Crippen LogP contribution in [0.1, 0.15) is 0 Å². The summed E-state index contributed by atoms with van der Waals surface area (Å²) in [7, 11) is -0.829. The van der Waals surface area contributed by atoms with E-state index in [2.05, 4.69) is 0 Å². The van der Waals surface area contributed by atoms with Gasteiger partial charge in [-0.3, -0.25) is 4.79 Å². The van der Waals surface area contributed by atoms with Crippen LogP contribution in [0.5, 0.6) is 0 Å². The Kier molecular flexibility index (Phi) is 5.53. The van der Waals surface area contributed by atoms with E-state index in [1.807, 2.05) is 60.7 Å². The van der Waals surface area contributed by atoms with Crippen LogP contribution in [0.25, 0.3) is 0 Å². The monoisotopic (exact) mass is 316 g/mol. The molecule has 2 rings (SSSR count). The van der Waals surface area contributed by atoms with Crippen molar-refractivity contribution in [2.24, 2.45) is 0 Å². The first-order valence-electron chi connectivity index (χ1n) is 4.76. The van der Waals surface area contributed by atoms with Crippen molar-refractivity contribution in [2.75, 3.05) is 0 Å². The van der Waals surface area contributed by atoms with Crippen molar-refractivity contribution >= 4 is 24.6 Å². The standard InChI is InChI=1S/C13H11OP.Ru/c14-11-15(12-7-3-1-4-8-12)13-9-5-2-6-10-13;/h1-11H;. The molecule has 0 heterocycles. The van der Waals surface area contributed by atoms with Gasteiger partial charge >= 0.3 is 0 Å².